The first kappa shape index (κ1) is 18.9. The summed E-state index contributed by atoms with van der Waals surface area (Å²) in [5.74, 6) is -0.967. The van der Waals surface area contributed by atoms with Gasteiger partial charge in [0.1, 0.15) is 0 Å². The topological polar surface area (TPSA) is 40.1 Å². The van der Waals surface area contributed by atoms with Crippen molar-refractivity contribution >= 4 is 21.9 Å². The molecule has 2 nitrogen and oxygen atoms in total. The molecule has 114 valence electrons. The Morgan fingerprint density at radius 2 is 1.32 bits per heavy atom. The van der Waals surface area contributed by atoms with E-state index in [1.54, 1.807) is 0 Å². The predicted octanol–water partition coefficient (Wildman–Crippen LogP) is 4.59. The number of carbonyl (C=O) groups is 1. The van der Waals surface area contributed by atoms with Gasteiger partial charge in [-0.1, -0.05) is 94.0 Å². The average molecular weight is 334 g/mol. The van der Waals surface area contributed by atoms with E-state index in [0.29, 0.717) is 12.8 Å². The first-order valence-electron chi connectivity index (χ1n) is 7.97. The van der Waals surface area contributed by atoms with Crippen LogP contribution in [0, 0.1) is 0 Å². The number of halogens is 1. The molecule has 0 N–H and O–H groups in total. The Balaban J connectivity index is 3.38. The molecule has 0 fully saturated rings. The third kappa shape index (κ3) is 9.48. The summed E-state index contributed by atoms with van der Waals surface area (Å²) in [5, 5.41) is 11.0. The summed E-state index contributed by atoms with van der Waals surface area (Å²) >= 11 is 3.30. The van der Waals surface area contributed by atoms with Crippen LogP contribution >= 0.6 is 15.9 Å². The monoisotopic (exact) mass is 333 g/mol. The molecule has 3 heteroatoms. The van der Waals surface area contributed by atoms with Gasteiger partial charge in [-0.05, 0) is 12.8 Å². The number of carboxylic acids is 1. The quantitative estimate of drug-likeness (QED) is 0.365. The van der Waals surface area contributed by atoms with Crippen molar-refractivity contribution < 1.29 is 9.90 Å². The number of carbonyl (C=O) groups excluding carboxylic acids is 1. The molecule has 0 aliphatic rings. The maximum Gasteiger partial charge on any atom is 0.0648 e. The summed E-state index contributed by atoms with van der Waals surface area (Å²) in [6.07, 6.45) is 14.0. The molecule has 0 bridgehead atoms. The maximum atomic E-state index is 11.0. The standard InChI is InChI=1S/C16H31BrO2/c1-3-5-6-7-8-9-10-11-12-13-14-16(17,4-2)15(18)19/h3-14H2,1-2H3,(H,18,19)/p-1. The van der Waals surface area contributed by atoms with Gasteiger partial charge in [0.05, 0.1) is 10.3 Å². The molecule has 19 heavy (non-hydrogen) atoms. The van der Waals surface area contributed by atoms with E-state index in [2.05, 4.69) is 22.9 Å². The van der Waals surface area contributed by atoms with Crippen LogP contribution in [0.2, 0.25) is 0 Å². The van der Waals surface area contributed by atoms with E-state index >= 15 is 0 Å². The molecule has 0 rings (SSSR count). The smallest absolute Gasteiger partial charge is 0.0648 e. The third-order valence-corrected chi connectivity index (χ3v) is 5.13. The van der Waals surface area contributed by atoms with Crippen LogP contribution < -0.4 is 5.11 Å². The molecule has 0 spiro atoms. The van der Waals surface area contributed by atoms with Crippen molar-refractivity contribution in [2.75, 3.05) is 0 Å². The number of hydrogen-bond donors (Lipinski definition) is 0. The van der Waals surface area contributed by atoms with Crippen molar-refractivity contribution in [2.45, 2.75) is 95.2 Å². The normalized spacial score (nSPS) is 14.3. The Morgan fingerprint density at radius 1 is 0.895 bits per heavy atom. The zero-order valence-corrected chi connectivity index (χ0v) is 14.3. The summed E-state index contributed by atoms with van der Waals surface area (Å²) in [7, 11) is 0. The van der Waals surface area contributed by atoms with E-state index in [0.717, 1.165) is 12.8 Å². The lowest BCUT2D eigenvalue weighted by Gasteiger charge is -2.27. The largest absolute Gasteiger partial charge is 0.549 e. The summed E-state index contributed by atoms with van der Waals surface area (Å²) in [6, 6.07) is 0. The highest BCUT2D eigenvalue weighted by Gasteiger charge is 2.25. The molecule has 0 aliphatic carbocycles. The van der Waals surface area contributed by atoms with Crippen LogP contribution in [0.1, 0.15) is 90.9 Å². The molecule has 0 aliphatic heterocycles. The zero-order valence-electron chi connectivity index (χ0n) is 12.7. The lowest BCUT2D eigenvalue weighted by atomic mass is 9.97. The Kier molecular flexibility index (Phi) is 11.7. The summed E-state index contributed by atoms with van der Waals surface area (Å²) < 4.78 is -0.798. The van der Waals surface area contributed by atoms with Gasteiger partial charge in [-0.2, -0.15) is 0 Å². The third-order valence-electron chi connectivity index (χ3n) is 3.85. The van der Waals surface area contributed by atoms with Crippen LogP contribution in [-0.4, -0.2) is 10.3 Å². The van der Waals surface area contributed by atoms with Crippen molar-refractivity contribution in [3.05, 3.63) is 0 Å². The van der Waals surface area contributed by atoms with Crippen molar-refractivity contribution in [1.82, 2.24) is 0 Å². The van der Waals surface area contributed by atoms with Gasteiger partial charge < -0.3 is 9.90 Å². The molecule has 0 aromatic carbocycles. The number of unbranched alkanes of at least 4 members (excludes halogenated alkanes) is 9. The van der Waals surface area contributed by atoms with Crippen LogP contribution in [0.25, 0.3) is 0 Å². The SMILES string of the molecule is CCCCCCCCCCCCC(Br)(CC)C(=O)[O-]. The Bertz CT molecular complexity index is 231. The van der Waals surface area contributed by atoms with Crippen LogP contribution in [0.3, 0.4) is 0 Å². The number of alkyl halides is 1. The van der Waals surface area contributed by atoms with Gasteiger partial charge in [0.2, 0.25) is 0 Å². The van der Waals surface area contributed by atoms with E-state index in [-0.39, 0.29) is 0 Å². The van der Waals surface area contributed by atoms with E-state index in [9.17, 15) is 9.90 Å². The molecule has 0 amide bonds. The minimum atomic E-state index is -0.967. The highest BCUT2D eigenvalue weighted by molar-refractivity contribution is 9.10. The molecular formula is C16H30BrO2-. The second-order valence-electron chi connectivity index (χ2n) is 5.54. The number of rotatable bonds is 13. The highest BCUT2D eigenvalue weighted by Crippen LogP contribution is 2.28. The van der Waals surface area contributed by atoms with Crippen LogP contribution in [0.15, 0.2) is 0 Å². The number of aliphatic carboxylic acids is 1. The van der Waals surface area contributed by atoms with Crippen molar-refractivity contribution in [2.24, 2.45) is 0 Å². The molecule has 0 saturated heterocycles. The Labute approximate surface area is 127 Å². The maximum absolute atomic E-state index is 11.0. The van der Waals surface area contributed by atoms with E-state index in [4.69, 9.17) is 0 Å². The fourth-order valence-electron chi connectivity index (χ4n) is 2.32. The average Bonchev–Trinajstić information content (AvgIpc) is 2.40. The zero-order chi connectivity index (χ0) is 14.6. The molecule has 1 unspecified atom stereocenters. The highest BCUT2D eigenvalue weighted by atomic mass is 79.9. The van der Waals surface area contributed by atoms with Crippen molar-refractivity contribution in [3.8, 4) is 0 Å². The molecular weight excluding hydrogens is 304 g/mol. The summed E-state index contributed by atoms with van der Waals surface area (Å²) in [4.78, 5) is 11.0. The van der Waals surface area contributed by atoms with Gasteiger partial charge in [-0.25, -0.2) is 0 Å². The van der Waals surface area contributed by atoms with Crippen LogP contribution in [0.4, 0.5) is 0 Å². The molecule has 0 saturated carbocycles. The summed E-state index contributed by atoms with van der Waals surface area (Å²) in [6.45, 7) is 4.13. The van der Waals surface area contributed by atoms with Gasteiger partial charge in [0.25, 0.3) is 0 Å². The van der Waals surface area contributed by atoms with Gasteiger partial charge in [-0.15, -0.1) is 0 Å². The van der Waals surface area contributed by atoms with Crippen LogP contribution in [0.5, 0.6) is 0 Å². The number of hydrogen-bond acceptors (Lipinski definition) is 2. The van der Waals surface area contributed by atoms with Gasteiger partial charge in [0.15, 0.2) is 0 Å². The second kappa shape index (κ2) is 11.7. The fourth-order valence-corrected chi connectivity index (χ4v) is 2.60. The van der Waals surface area contributed by atoms with Gasteiger partial charge in [0, 0.05) is 0 Å². The first-order chi connectivity index (χ1) is 9.06. The molecule has 0 radical (unpaired) electrons. The predicted molar refractivity (Wildman–Crippen MR) is 83.4 cm³/mol. The minimum absolute atomic E-state index is 0.590. The lowest BCUT2D eigenvalue weighted by Crippen LogP contribution is -2.43. The van der Waals surface area contributed by atoms with E-state index in [1.807, 2.05) is 6.92 Å². The molecule has 1 atom stereocenters. The van der Waals surface area contributed by atoms with Gasteiger partial charge in [-0.3, -0.25) is 0 Å². The lowest BCUT2D eigenvalue weighted by molar-refractivity contribution is -0.309. The van der Waals surface area contributed by atoms with Crippen LogP contribution in [-0.2, 0) is 4.79 Å². The van der Waals surface area contributed by atoms with E-state index in [1.165, 1.54) is 51.4 Å². The summed E-state index contributed by atoms with van der Waals surface area (Å²) in [5.41, 5.74) is 0. The first-order valence-corrected chi connectivity index (χ1v) is 8.76. The number of carboxylic acid groups (broad SMARTS) is 1. The fraction of sp³-hybridized carbons (Fsp3) is 0.938. The van der Waals surface area contributed by atoms with E-state index < -0.39 is 10.3 Å². The molecule has 0 aromatic heterocycles. The molecule has 0 aromatic rings. The Hall–Kier alpha value is -0.0500. The second-order valence-corrected chi connectivity index (χ2v) is 7.06. The van der Waals surface area contributed by atoms with Gasteiger partial charge >= 0.3 is 0 Å². The Morgan fingerprint density at radius 3 is 1.68 bits per heavy atom. The van der Waals surface area contributed by atoms with Crippen molar-refractivity contribution in [3.63, 3.8) is 0 Å². The minimum Gasteiger partial charge on any atom is -0.549 e. The van der Waals surface area contributed by atoms with Crippen molar-refractivity contribution in [1.29, 1.82) is 0 Å². The molecule has 0 heterocycles.